The quantitative estimate of drug-likeness (QED) is 0.390. The number of hydrogen-bond acceptors (Lipinski definition) is 4. The standard InChI is InChI=1S/C21H22ClFN8S/c1-3-31-14(2)16(9-25-31)12-30-13-18(10-24-30)26-21(32)27-20-6-7-29(28-20)11-15-4-5-17(23)8-19(15)22/h4-10,13H,3,11-12H2,1-2H3,(H2,26,27,28,32). The van der Waals surface area contributed by atoms with Crippen molar-refractivity contribution in [2.45, 2.75) is 33.5 Å². The van der Waals surface area contributed by atoms with Gasteiger partial charge in [0.05, 0.1) is 31.2 Å². The maximum atomic E-state index is 13.2. The van der Waals surface area contributed by atoms with Crippen LogP contribution < -0.4 is 10.6 Å². The Morgan fingerprint density at radius 1 is 1.09 bits per heavy atom. The first-order valence-corrected chi connectivity index (χ1v) is 10.8. The second-order valence-electron chi connectivity index (χ2n) is 7.21. The van der Waals surface area contributed by atoms with Crippen LogP contribution in [0.15, 0.2) is 49.1 Å². The minimum atomic E-state index is -0.368. The number of aryl methyl sites for hydroxylation is 1. The van der Waals surface area contributed by atoms with Crippen molar-refractivity contribution in [3.8, 4) is 0 Å². The van der Waals surface area contributed by atoms with Gasteiger partial charge in [0.1, 0.15) is 5.82 Å². The summed E-state index contributed by atoms with van der Waals surface area (Å²) in [6, 6.07) is 6.10. The second kappa shape index (κ2) is 9.49. The number of thiocarbonyl (C=S) groups is 1. The van der Waals surface area contributed by atoms with E-state index >= 15 is 0 Å². The molecule has 0 saturated heterocycles. The Morgan fingerprint density at radius 2 is 1.91 bits per heavy atom. The van der Waals surface area contributed by atoms with Gasteiger partial charge in [-0.1, -0.05) is 17.7 Å². The van der Waals surface area contributed by atoms with Gasteiger partial charge in [0, 0.05) is 41.3 Å². The van der Waals surface area contributed by atoms with E-state index in [1.54, 1.807) is 29.2 Å². The Morgan fingerprint density at radius 3 is 2.66 bits per heavy atom. The van der Waals surface area contributed by atoms with Crippen LogP contribution in [-0.2, 0) is 19.6 Å². The molecule has 0 radical (unpaired) electrons. The van der Waals surface area contributed by atoms with Crippen molar-refractivity contribution in [1.82, 2.24) is 29.3 Å². The predicted molar refractivity (Wildman–Crippen MR) is 127 cm³/mol. The Kier molecular flexibility index (Phi) is 6.52. The fourth-order valence-electron chi connectivity index (χ4n) is 3.27. The molecule has 0 saturated carbocycles. The van der Waals surface area contributed by atoms with E-state index in [1.807, 2.05) is 21.8 Å². The van der Waals surface area contributed by atoms with Crippen molar-refractivity contribution in [2.24, 2.45) is 0 Å². The molecule has 0 amide bonds. The van der Waals surface area contributed by atoms with Crippen LogP contribution in [0, 0.1) is 12.7 Å². The summed E-state index contributed by atoms with van der Waals surface area (Å²) in [5.74, 6) is 0.211. The van der Waals surface area contributed by atoms with Crippen LogP contribution in [0.2, 0.25) is 5.02 Å². The zero-order valence-corrected chi connectivity index (χ0v) is 19.2. The van der Waals surface area contributed by atoms with Gasteiger partial charge in [0.15, 0.2) is 10.9 Å². The van der Waals surface area contributed by atoms with Crippen molar-refractivity contribution >= 4 is 40.4 Å². The van der Waals surface area contributed by atoms with Crippen LogP contribution >= 0.6 is 23.8 Å². The zero-order valence-electron chi connectivity index (χ0n) is 17.6. The molecule has 0 bridgehead atoms. The molecule has 0 atom stereocenters. The van der Waals surface area contributed by atoms with Crippen molar-refractivity contribution in [2.75, 3.05) is 10.6 Å². The molecular formula is C21H22ClFN8S. The highest BCUT2D eigenvalue weighted by atomic mass is 35.5. The number of aromatic nitrogens is 6. The molecule has 4 rings (SSSR count). The van der Waals surface area contributed by atoms with Crippen molar-refractivity contribution < 1.29 is 4.39 Å². The minimum Gasteiger partial charge on any atom is -0.330 e. The lowest BCUT2D eigenvalue weighted by atomic mass is 10.2. The zero-order chi connectivity index (χ0) is 22.7. The third kappa shape index (κ3) is 5.14. The van der Waals surface area contributed by atoms with Gasteiger partial charge in [0.2, 0.25) is 0 Å². The number of anilines is 2. The first-order chi connectivity index (χ1) is 15.4. The number of nitrogens with zero attached hydrogens (tertiary/aromatic N) is 6. The lowest BCUT2D eigenvalue weighted by Gasteiger charge is -2.07. The molecule has 0 fully saturated rings. The van der Waals surface area contributed by atoms with E-state index < -0.39 is 0 Å². The van der Waals surface area contributed by atoms with Crippen LogP contribution in [0.4, 0.5) is 15.9 Å². The Bertz CT molecular complexity index is 1240. The minimum absolute atomic E-state index is 0.362. The highest BCUT2D eigenvalue weighted by molar-refractivity contribution is 7.80. The summed E-state index contributed by atoms with van der Waals surface area (Å²) in [6.07, 6.45) is 7.26. The number of rotatable bonds is 7. The van der Waals surface area contributed by atoms with Gasteiger partial charge in [0.25, 0.3) is 0 Å². The van der Waals surface area contributed by atoms with Crippen LogP contribution in [0.3, 0.4) is 0 Å². The lowest BCUT2D eigenvalue weighted by Crippen LogP contribution is -2.19. The monoisotopic (exact) mass is 472 g/mol. The average Bonchev–Trinajstić information content (AvgIpc) is 3.46. The summed E-state index contributed by atoms with van der Waals surface area (Å²) in [4.78, 5) is 0. The molecule has 0 spiro atoms. The normalized spacial score (nSPS) is 11.0. The first-order valence-electron chi connectivity index (χ1n) is 10.0. The highest BCUT2D eigenvalue weighted by Crippen LogP contribution is 2.19. The summed E-state index contributed by atoms with van der Waals surface area (Å²) in [6.45, 7) is 6.00. The molecule has 32 heavy (non-hydrogen) atoms. The number of nitrogens with one attached hydrogen (secondary N) is 2. The molecule has 11 heteroatoms. The van der Waals surface area contributed by atoms with E-state index in [0.717, 1.165) is 29.1 Å². The van der Waals surface area contributed by atoms with E-state index in [4.69, 9.17) is 23.8 Å². The molecule has 8 nitrogen and oxygen atoms in total. The average molecular weight is 473 g/mol. The Hall–Kier alpha value is -3.24. The van der Waals surface area contributed by atoms with Gasteiger partial charge in [-0.15, -0.1) is 0 Å². The number of hydrogen-bond donors (Lipinski definition) is 2. The van der Waals surface area contributed by atoms with Gasteiger partial charge in [-0.25, -0.2) is 4.39 Å². The topological polar surface area (TPSA) is 77.5 Å². The molecule has 166 valence electrons. The molecule has 0 unspecified atom stereocenters. The summed E-state index contributed by atoms with van der Waals surface area (Å²) >= 11 is 11.5. The first kappa shape index (κ1) is 22.0. The molecule has 0 aliphatic heterocycles. The van der Waals surface area contributed by atoms with Crippen molar-refractivity contribution in [3.63, 3.8) is 0 Å². The van der Waals surface area contributed by atoms with Gasteiger partial charge >= 0.3 is 0 Å². The molecule has 2 N–H and O–H groups in total. The Balaban J connectivity index is 1.33. The molecule has 3 aromatic heterocycles. The summed E-state index contributed by atoms with van der Waals surface area (Å²) in [5, 5.41) is 20.1. The summed E-state index contributed by atoms with van der Waals surface area (Å²) < 4.78 is 18.7. The van der Waals surface area contributed by atoms with E-state index in [-0.39, 0.29) is 5.82 Å². The summed E-state index contributed by atoms with van der Waals surface area (Å²) in [5.41, 5.74) is 3.79. The largest absolute Gasteiger partial charge is 0.330 e. The summed E-state index contributed by atoms with van der Waals surface area (Å²) in [7, 11) is 0. The number of benzene rings is 1. The van der Waals surface area contributed by atoms with Gasteiger partial charge in [-0.2, -0.15) is 15.3 Å². The van der Waals surface area contributed by atoms with Gasteiger partial charge in [-0.05, 0) is 43.8 Å². The fraction of sp³-hybridized carbons (Fsp3) is 0.238. The molecule has 0 aliphatic carbocycles. The van der Waals surface area contributed by atoms with E-state index in [0.29, 0.717) is 29.0 Å². The maximum absolute atomic E-state index is 13.2. The second-order valence-corrected chi connectivity index (χ2v) is 8.03. The van der Waals surface area contributed by atoms with E-state index in [1.165, 1.54) is 12.1 Å². The van der Waals surface area contributed by atoms with Crippen LogP contribution in [0.25, 0.3) is 0 Å². The molecular weight excluding hydrogens is 451 g/mol. The van der Waals surface area contributed by atoms with Crippen molar-refractivity contribution in [1.29, 1.82) is 0 Å². The molecule has 4 aromatic rings. The van der Waals surface area contributed by atoms with Crippen LogP contribution in [-0.4, -0.2) is 34.5 Å². The van der Waals surface area contributed by atoms with Crippen molar-refractivity contribution in [3.05, 3.63) is 76.7 Å². The predicted octanol–water partition coefficient (Wildman–Crippen LogP) is 4.30. The van der Waals surface area contributed by atoms with E-state index in [9.17, 15) is 4.39 Å². The Labute approximate surface area is 195 Å². The maximum Gasteiger partial charge on any atom is 0.176 e. The SMILES string of the molecule is CCn1ncc(Cn2cc(NC(=S)Nc3ccn(Cc4ccc(F)cc4Cl)n3)cn2)c1C. The lowest BCUT2D eigenvalue weighted by molar-refractivity contribution is 0.624. The molecule has 0 aliphatic rings. The fourth-order valence-corrected chi connectivity index (χ4v) is 3.72. The van der Waals surface area contributed by atoms with Crippen LogP contribution in [0.5, 0.6) is 0 Å². The number of halogens is 2. The van der Waals surface area contributed by atoms with Gasteiger partial charge < -0.3 is 10.6 Å². The third-order valence-corrected chi connectivity index (χ3v) is 5.51. The van der Waals surface area contributed by atoms with Crippen LogP contribution in [0.1, 0.15) is 23.7 Å². The molecule has 3 heterocycles. The third-order valence-electron chi connectivity index (χ3n) is 4.96. The van der Waals surface area contributed by atoms with E-state index in [2.05, 4.69) is 39.8 Å². The van der Waals surface area contributed by atoms with Gasteiger partial charge in [-0.3, -0.25) is 14.0 Å². The smallest absolute Gasteiger partial charge is 0.176 e. The highest BCUT2D eigenvalue weighted by Gasteiger charge is 2.09. The molecule has 1 aromatic carbocycles.